The van der Waals surface area contributed by atoms with Gasteiger partial charge in [0.25, 0.3) is 0 Å². The van der Waals surface area contributed by atoms with Crippen LogP contribution in [0.15, 0.2) is 5.11 Å². The van der Waals surface area contributed by atoms with Gasteiger partial charge in [0, 0.05) is 42.9 Å². The molecule has 3 aliphatic rings. The molecule has 3 heterocycles. The van der Waals surface area contributed by atoms with Crippen molar-refractivity contribution in [2.45, 2.75) is 128 Å². The van der Waals surface area contributed by atoms with Crippen molar-refractivity contribution in [3.8, 4) is 0 Å². The minimum absolute atomic E-state index is 0.0674. The molecule has 3 saturated heterocycles. The lowest BCUT2D eigenvalue weighted by Gasteiger charge is -2.47. The van der Waals surface area contributed by atoms with E-state index in [0.717, 1.165) is 0 Å². The monoisotopic (exact) mass is 711 g/mol. The highest BCUT2D eigenvalue weighted by molar-refractivity contribution is 6.00. The second-order valence-corrected chi connectivity index (χ2v) is 14.7. The molecule has 0 bridgehead atoms. The topological polar surface area (TPSA) is 210 Å². The molecule has 2 N–H and O–H groups in total. The van der Waals surface area contributed by atoms with Crippen LogP contribution in [0.4, 0.5) is 4.79 Å². The maximum absolute atomic E-state index is 14.4. The summed E-state index contributed by atoms with van der Waals surface area (Å²) in [6, 6.07) is -1.57. The Morgan fingerprint density at radius 3 is 2.30 bits per heavy atom. The number of unbranched alkanes of at least 4 members (excludes halogenated alkanes) is 1. The van der Waals surface area contributed by atoms with Gasteiger partial charge < -0.3 is 43.7 Å². The third-order valence-corrected chi connectivity index (χ3v) is 10.9. The Morgan fingerprint density at radius 1 is 1.06 bits per heavy atom. The first kappa shape index (κ1) is 41.6. The van der Waals surface area contributed by atoms with Crippen LogP contribution in [0.1, 0.15) is 74.1 Å². The quantitative estimate of drug-likeness (QED) is 0.0837. The first-order valence-corrected chi connectivity index (χ1v) is 17.5. The van der Waals surface area contributed by atoms with Crippen molar-refractivity contribution >= 4 is 23.6 Å². The van der Waals surface area contributed by atoms with Crippen molar-refractivity contribution in [2.75, 3.05) is 40.9 Å². The Hall–Kier alpha value is -2.85. The molecule has 0 spiro atoms. The molecule has 0 aliphatic carbocycles. The summed E-state index contributed by atoms with van der Waals surface area (Å²) < 4.78 is 30.2. The fourth-order valence-electron chi connectivity index (χ4n) is 8.11. The van der Waals surface area contributed by atoms with Crippen molar-refractivity contribution in [1.29, 1.82) is 0 Å². The van der Waals surface area contributed by atoms with Gasteiger partial charge in [-0.2, -0.15) is 0 Å². The summed E-state index contributed by atoms with van der Waals surface area (Å²) in [5.74, 6) is -5.33. The molecule has 16 nitrogen and oxygen atoms in total. The van der Waals surface area contributed by atoms with E-state index in [1.807, 2.05) is 0 Å². The lowest BCUT2D eigenvalue weighted by molar-refractivity contribution is -0.296. The predicted octanol–water partition coefficient (Wildman–Crippen LogP) is 2.86. The first-order valence-electron chi connectivity index (χ1n) is 17.5. The van der Waals surface area contributed by atoms with E-state index < -0.39 is 95.5 Å². The van der Waals surface area contributed by atoms with E-state index >= 15 is 0 Å². The van der Waals surface area contributed by atoms with Crippen LogP contribution in [-0.4, -0.2) is 139 Å². The number of ether oxygens (including phenoxy) is 5. The SMILES string of the molecule is CC[C@H]1OC(=O)[C@H](C)C(=O)[C@H](C)[C@@H](OC2OCC(O)C(N(C)C)C2O)[C@@](C)(OC)C[C@@H](C)C(=O)[C@H](C)[C@H]2N(CCCCN=[N+]=[N-])C(=O)O[C@]12C. The molecule has 3 rings (SSSR count). The van der Waals surface area contributed by atoms with E-state index in [1.165, 1.54) is 18.9 Å². The van der Waals surface area contributed by atoms with E-state index in [9.17, 15) is 29.4 Å². The van der Waals surface area contributed by atoms with Crippen molar-refractivity contribution in [3.05, 3.63) is 10.4 Å². The normalized spacial score (nSPS) is 40.5. The van der Waals surface area contributed by atoms with Gasteiger partial charge in [-0.25, -0.2) is 4.79 Å². The zero-order valence-electron chi connectivity index (χ0n) is 31.1. The van der Waals surface area contributed by atoms with Crippen LogP contribution in [0.5, 0.6) is 0 Å². The molecule has 16 heteroatoms. The van der Waals surface area contributed by atoms with Crippen LogP contribution in [0, 0.1) is 23.7 Å². The highest BCUT2D eigenvalue weighted by atomic mass is 16.7. The Kier molecular flexibility index (Phi) is 14.2. The first-order chi connectivity index (χ1) is 23.4. The Bertz CT molecular complexity index is 1280. The zero-order chi connectivity index (χ0) is 37.7. The van der Waals surface area contributed by atoms with E-state index in [-0.39, 0.29) is 38.3 Å². The minimum atomic E-state index is -1.43. The second kappa shape index (κ2) is 17.1. The van der Waals surface area contributed by atoms with Crippen LogP contribution in [0.25, 0.3) is 10.4 Å². The van der Waals surface area contributed by atoms with Gasteiger partial charge in [-0.3, -0.25) is 14.4 Å². The molecular formula is C34H57N5O11. The number of hydrogen-bond acceptors (Lipinski definition) is 13. The fourth-order valence-corrected chi connectivity index (χ4v) is 8.11. The second-order valence-electron chi connectivity index (χ2n) is 14.7. The molecule has 50 heavy (non-hydrogen) atoms. The standard InChI is InChI=1S/C34H57N5O11/c1-11-23-34(7)28(39(32(45)50-34)15-13-12-14-36-37-35)19(3)25(41)18(2)16-33(6,46-10)29(20(4)26(42)21(5)30(44)48-23)49-31-27(43)24(38(8)9)22(40)17-47-31/h18-24,27-29,31,40,43H,11-17H2,1-10H3/t18-,19+,20+,21-,22?,23-,24?,27?,28-,29-,31?,33+,34-/m1/s1. The molecule has 0 radical (unpaired) electrons. The van der Waals surface area contributed by atoms with Crippen LogP contribution < -0.4 is 0 Å². The highest BCUT2D eigenvalue weighted by Gasteiger charge is 2.60. The van der Waals surface area contributed by atoms with Gasteiger partial charge in [-0.1, -0.05) is 32.8 Å². The number of ketones is 2. The summed E-state index contributed by atoms with van der Waals surface area (Å²) >= 11 is 0. The summed E-state index contributed by atoms with van der Waals surface area (Å²) in [4.78, 5) is 61.6. The number of rotatable bonds is 10. The van der Waals surface area contributed by atoms with E-state index in [1.54, 1.807) is 60.5 Å². The number of hydrogen-bond donors (Lipinski definition) is 2. The van der Waals surface area contributed by atoms with Crippen molar-refractivity contribution in [1.82, 2.24) is 9.80 Å². The van der Waals surface area contributed by atoms with Gasteiger partial charge in [0.15, 0.2) is 17.7 Å². The molecule has 0 aromatic carbocycles. The number of nitrogens with zero attached hydrogens (tertiary/aromatic N) is 5. The average molecular weight is 712 g/mol. The number of aliphatic hydroxyl groups is 2. The van der Waals surface area contributed by atoms with Crippen molar-refractivity contribution in [2.24, 2.45) is 28.8 Å². The summed E-state index contributed by atoms with van der Waals surface area (Å²) in [7, 11) is 4.84. The molecular weight excluding hydrogens is 654 g/mol. The molecule has 284 valence electrons. The number of esters is 1. The third-order valence-electron chi connectivity index (χ3n) is 10.9. The Balaban J connectivity index is 2.09. The number of carbonyl (C=O) groups excluding carboxylic acids is 4. The molecule has 0 aromatic rings. The number of fused-ring (bicyclic) bond motifs is 1. The van der Waals surface area contributed by atoms with Crippen LogP contribution in [0.2, 0.25) is 0 Å². The summed E-state index contributed by atoms with van der Waals surface area (Å²) in [5.41, 5.74) is 5.88. The van der Waals surface area contributed by atoms with Gasteiger partial charge in [-0.05, 0) is 66.1 Å². The van der Waals surface area contributed by atoms with Gasteiger partial charge in [-0.15, -0.1) is 0 Å². The number of amides is 1. The van der Waals surface area contributed by atoms with E-state index in [2.05, 4.69) is 10.0 Å². The average Bonchev–Trinajstić information content (AvgIpc) is 3.33. The maximum atomic E-state index is 14.4. The number of aliphatic hydroxyl groups excluding tert-OH is 2. The number of azide groups is 1. The lowest BCUT2D eigenvalue weighted by atomic mass is 9.73. The fraction of sp³-hybridized carbons (Fsp3) is 0.882. The highest BCUT2D eigenvalue weighted by Crippen LogP contribution is 2.43. The van der Waals surface area contributed by atoms with Gasteiger partial charge in [0.2, 0.25) is 0 Å². The Morgan fingerprint density at radius 2 is 1.72 bits per heavy atom. The summed E-state index contributed by atoms with van der Waals surface area (Å²) in [6.45, 7) is 11.9. The molecule has 3 fully saturated rings. The Labute approximate surface area is 294 Å². The van der Waals surface area contributed by atoms with E-state index in [0.29, 0.717) is 12.8 Å². The van der Waals surface area contributed by atoms with Crippen molar-refractivity contribution in [3.63, 3.8) is 0 Å². The molecule has 3 aliphatic heterocycles. The molecule has 13 atom stereocenters. The van der Waals surface area contributed by atoms with Crippen LogP contribution in [0.3, 0.4) is 0 Å². The van der Waals surface area contributed by atoms with E-state index in [4.69, 9.17) is 29.2 Å². The minimum Gasteiger partial charge on any atom is -0.458 e. The largest absolute Gasteiger partial charge is 0.458 e. The van der Waals surface area contributed by atoms with Gasteiger partial charge in [0.1, 0.15) is 23.9 Å². The number of carbonyl (C=O) groups is 4. The maximum Gasteiger partial charge on any atom is 0.410 e. The lowest BCUT2D eigenvalue weighted by Crippen LogP contribution is -2.62. The summed E-state index contributed by atoms with van der Waals surface area (Å²) in [5, 5.41) is 25.3. The smallest absolute Gasteiger partial charge is 0.410 e. The third kappa shape index (κ3) is 8.43. The summed E-state index contributed by atoms with van der Waals surface area (Å²) in [6.07, 6.45) is -5.10. The molecule has 0 aromatic heterocycles. The molecule has 1 amide bonds. The van der Waals surface area contributed by atoms with Gasteiger partial charge >= 0.3 is 12.1 Å². The zero-order valence-corrected chi connectivity index (χ0v) is 31.1. The number of cyclic esters (lactones) is 1. The van der Waals surface area contributed by atoms with Crippen LogP contribution in [-0.2, 0) is 38.1 Å². The molecule has 4 unspecified atom stereocenters. The van der Waals surface area contributed by atoms with Gasteiger partial charge in [0.05, 0.1) is 36.5 Å². The number of Topliss-reactive ketones (excluding diaryl/α,β-unsaturated/α-hetero) is 2. The molecule has 0 saturated carbocycles. The number of methoxy groups -OCH3 is 1. The number of likely N-dealkylation sites (N-methyl/N-ethyl adjacent to an activating group) is 1. The van der Waals surface area contributed by atoms with Crippen molar-refractivity contribution < 1.29 is 53.1 Å². The van der Waals surface area contributed by atoms with Crippen LogP contribution >= 0.6 is 0 Å². The predicted molar refractivity (Wildman–Crippen MR) is 180 cm³/mol.